The molecule has 0 aliphatic rings. The van der Waals surface area contributed by atoms with Gasteiger partial charge in [-0.2, -0.15) is 5.26 Å². The summed E-state index contributed by atoms with van der Waals surface area (Å²) in [6.45, 7) is 7.94. The highest BCUT2D eigenvalue weighted by Gasteiger charge is 2.20. The maximum absolute atomic E-state index is 12.4. The van der Waals surface area contributed by atoms with E-state index in [4.69, 9.17) is 21.6 Å². The molecule has 0 aliphatic heterocycles. The molecule has 7 heteroatoms. The normalized spacial score (nSPS) is 11.4. The number of pyridine rings is 1. The molecule has 27 heavy (non-hydrogen) atoms. The molecule has 0 radical (unpaired) electrons. The lowest BCUT2D eigenvalue weighted by atomic mass is 10.1. The number of benzene rings is 1. The van der Waals surface area contributed by atoms with Crippen LogP contribution in [-0.2, 0) is 4.74 Å². The smallest absolute Gasteiger partial charge is 0.412 e. The zero-order chi connectivity index (χ0) is 19.8. The molecular weight excluding hydrogens is 364 g/mol. The van der Waals surface area contributed by atoms with Crippen LogP contribution in [0.15, 0.2) is 36.7 Å². The van der Waals surface area contributed by atoms with Crippen LogP contribution in [0.2, 0.25) is 5.02 Å². The lowest BCUT2D eigenvalue weighted by Crippen LogP contribution is -2.22. The van der Waals surface area contributed by atoms with Gasteiger partial charge in [-0.25, -0.2) is 4.79 Å². The van der Waals surface area contributed by atoms with Gasteiger partial charge in [-0.15, -0.1) is 0 Å². The first kappa shape index (κ1) is 20.5. The van der Waals surface area contributed by atoms with Gasteiger partial charge in [0.1, 0.15) is 6.10 Å². The fraction of sp³-hybridized carbons (Fsp3) is 0.350. The molecular formula is C20H23ClN4O2. The first-order valence-corrected chi connectivity index (χ1v) is 9.17. The Balaban J connectivity index is 2.12. The number of halogens is 1. The van der Waals surface area contributed by atoms with Crippen molar-refractivity contribution in [1.82, 2.24) is 4.98 Å². The number of anilines is 2. The summed E-state index contributed by atoms with van der Waals surface area (Å²) in [4.78, 5) is 18.5. The lowest BCUT2D eigenvalue weighted by Gasteiger charge is -2.22. The van der Waals surface area contributed by atoms with Crippen molar-refractivity contribution >= 4 is 29.1 Å². The summed E-state index contributed by atoms with van der Waals surface area (Å²) in [6.07, 6.45) is 1.60. The number of aryl methyl sites for hydroxylation is 1. The number of ether oxygens (including phenoxy) is 1. The van der Waals surface area contributed by atoms with E-state index in [1.54, 1.807) is 12.3 Å². The number of nitrogens with zero attached hydrogens (tertiary/aromatic N) is 3. The Morgan fingerprint density at radius 1 is 1.37 bits per heavy atom. The number of hydrogen-bond acceptors (Lipinski definition) is 5. The Morgan fingerprint density at radius 3 is 2.70 bits per heavy atom. The number of hydrogen-bond donors (Lipinski definition) is 1. The highest BCUT2D eigenvalue weighted by Crippen LogP contribution is 2.28. The molecule has 0 saturated heterocycles. The molecule has 2 rings (SSSR count). The number of carbonyl (C=O) groups excluding carboxylic acids is 1. The van der Waals surface area contributed by atoms with Crippen LogP contribution in [0, 0.1) is 18.3 Å². The predicted octanol–water partition coefficient (Wildman–Crippen LogP) is 5.09. The van der Waals surface area contributed by atoms with Crippen molar-refractivity contribution in [2.45, 2.75) is 33.3 Å². The molecule has 0 spiro atoms. The van der Waals surface area contributed by atoms with Crippen LogP contribution < -0.4 is 10.2 Å². The van der Waals surface area contributed by atoms with Gasteiger partial charge in [-0.1, -0.05) is 11.6 Å². The van der Waals surface area contributed by atoms with Crippen LogP contribution in [0.4, 0.5) is 16.2 Å². The van der Waals surface area contributed by atoms with Crippen LogP contribution in [0.5, 0.6) is 0 Å². The second-order valence-corrected chi connectivity index (χ2v) is 6.36. The molecule has 1 heterocycles. The third-order valence-corrected chi connectivity index (χ3v) is 4.57. The van der Waals surface area contributed by atoms with Crippen LogP contribution in [0.1, 0.15) is 37.5 Å². The van der Waals surface area contributed by atoms with Crippen LogP contribution >= 0.6 is 11.6 Å². The van der Waals surface area contributed by atoms with Gasteiger partial charge in [0, 0.05) is 42.4 Å². The molecule has 0 bridgehead atoms. The molecule has 0 fully saturated rings. The molecule has 1 aromatic heterocycles. The quantitative estimate of drug-likeness (QED) is 0.716. The number of nitrogens with one attached hydrogen (secondary N) is 1. The zero-order valence-electron chi connectivity index (χ0n) is 15.7. The summed E-state index contributed by atoms with van der Waals surface area (Å²) in [5, 5.41) is 12.1. The zero-order valence-corrected chi connectivity index (χ0v) is 16.5. The topological polar surface area (TPSA) is 78.3 Å². The lowest BCUT2D eigenvalue weighted by molar-refractivity contribution is 0.113. The molecule has 142 valence electrons. The summed E-state index contributed by atoms with van der Waals surface area (Å²) in [7, 11) is 0. The van der Waals surface area contributed by atoms with Gasteiger partial charge < -0.3 is 9.64 Å². The summed E-state index contributed by atoms with van der Waals surface area (Å²) in [5.41, 5.74) is 3.24. The maximum Gasteiger partial charge on any atom is 0.412 e. The fourth-order valence-corrected chi connectivity index (χ4v) is 3.03. The molecule has 6 nitrogen and oxygen atoms in total. The minimum atomic E-state index is -0.763. The summed E-state index contributed by atoms with van der Waals surface area (Å²) < 4.78 is 5.44. The van der Waals surface area contributed by atoms with E-state index in [0.29, 0.717) is 16.3 Å². The average Bonchev–Trinajstić information content (AvgIpc) is 2.65. The van der Waals surface area contributed by atoms with E-state index in [-0.39, 0.29) is 6.42 Å². The minimum Gasteiger partial charge on any atom is -0.440 e. The molecule has 2 aromatic rings. The van der Waals surface area contributed by atoms with Crippen molar-refractivity contribution in [2.24, 2.45) is 0 Å². The third kappa shape index (κ3) is 5.35. The third-order valence-electron chi connectivity index (χ3n) is 4.25. The molecule has 1 amide bonds. The average molecular weight is 387 g/mol. The number of nitriles is 1. The van der Waals surface area contributed by atoms with Crippen LogP contribution in [0.3, 0.4) is 0 Å². The molecule has 1 atom stereocenters. The highest BCUT2D eigenvalue weighted by molar-refractivity contribution is 6.31. The second kappa shape index (κ2) is 9.79. The van der Waals surface area contributed by atoms with Crippen molar-refractivity contribution in [3.05, 3.63) is 52.8 Å². The minimum absolute atomic E-state index is 0.00294. The molecule has 0 saturated carbocycles. The second-order valence-electron chi connectivity index (χ2n) is 5.95. The Morgan fingerprint density at radius 2 is 2.11 bits per heavy atom. The maximum atomic E-state index is 12.4. The van der Waals surface area contributed by atoms with E-state index in [2.05, 4.69) is 29.0 Å². The van der Waals surface area contributed by atoms with Crippen molar-refractivity contribution in [1.29, 1.82) is 5.26 Å². The fourth-order valence-electron chi connectivity index (χ4n) is 2.79. The Hall–Kier alpha value is -2.78. The number of aromatic nitrogens is 1. The molecule has 1 aromatic carbocycles. The van der Waals surface area contributed by atoms with E-state index in [1.807, 2.05) is 31.2 Å². The van der Waals surface area contributed by atoms with Crippen molar-refractivity contribution in [3.8, 4) is 6.07 Å². The van der Waals surface area contributed by atoms with Gasteiger partial charge in [0.25, 0.3) is 0 Å². The first-order chi connectivity index (χ1) is 13.0. The molecule has 1 unspecified atom stereocenters. The Kier molecular flexibility index (Phi) is 7.44. The summed E-state index contributed by atoms with van der Waals surface area (Å²) in [6, 6.07) is 9.49. The van der Waals surface area contributed by atoms with Gasteiger partial charge in [0.2, 0.25) is 0 Å². The van der Waals surface area contributed by atoms with E-state index in [1.165, 1.54) is 6.20 Å². The number of amides is 1. The number of carbonyl (C=O) groups is 1. The largest absolute Gasteiger partial charge is 0.440 e. The van der Waals surface area contributed by atoms with E-state index < -0.39 is 12.2 Å². The monoisotopic (exact) mass is 386 g/mol. The Bertz CT molecular complexity index is 831. The Labute approximate surface area is 164 Å². The van der Waals surface area contributed by atoms with Crippen molar-refractivity contribution in [3.63, 3.8) is 0 Å². The van der Waals surface area contributed by atoms with Gasteiger partial charge in [-0.3, -0.25) is 10.3 Å². The first-order valence-electron chi connectivity index (χ1n) is 8.79. The van der Waals surface area contributed by atoms with Gasteiger partial charge in [0.05, 0.1) is 17.5 Å². The number of rotatable bonds is 7. The summed E-state index contributed by atoms with van der Waals surface area (Å²) in [5.74, 6) is 0. The van der Waals surface area contributed by atoms with Crippen LogP contribution in [0.25, 0.3) is 0 Å². The van der Waals surface area contributed by atoms with Gasteiger partial charge in [-0.05, 0) is 50.6 Å². The van der Waals surface area contributed by atoms with Gasteiger partial charge >= 0.3 is 6.09 Å². The van der Waals surface area contributed by atoms with Crippen molar-refractivity contribution < 1.29 is 9.53 Å². The van der Waals surface area contributed by atoms with Gasteiger partial charge in [0.15, 0.2) is 0 Å². The molecule has 1 N–H and O–H groups in total. The van der Waals surface area contributed by atoms with Crippen molar-refractivity contribution in [2.75, 3.05) is 23.3 Å². The standard InChI is InChI=1S/C20H23ClN4O2/c1-4-25(5-2)15-6-7-18(14(3)12-15)24-20(26)27-19(8-10-22)16-9-11-23-13-17(16)21/h6-7,9,11-13,19H,4-5,8H2,1-3H3,(H,24,26). The summed E-state index contributed by atoms with van der Waals surface area (Å²) >= 11 is 6.11. The predicted molar refractivity (Wildman–Crippen MR) is 107 cm³/mol. The van der Waals surface area contributed by atoms with Crippen LogP contribution in [-0.4, -0.2) is 24.2 Å². The highest BCUT2D eigenvalue weighted by atomic mass is 35.5. The van der Waals surface area contributed by atoms with E-state index >= 15 is 0 Å². The van der Waals surface area contributed by atoms with E-state index in [9.17, 15) is 4.79 Å². The van der Waals surface area contributed by atoms with E-state index in [0.717, 1.165) is 24.3 Å². The molecule has 0 aliphatic carbocycles. The SMILES string of the molecule is CCN(CC)c1ccc(NC(=O)OC(CC#N)c2ccncc2Cl)c(C)c1.